The highest BCUT2D eigenvalue weighted by Gasteiger charge is 2.28. The van der Waals surface area contributed by atoms with Gasteiger partial charge in [0.15, 0.2) is 0 Å². The Morgan fingerprint density at radius 3 is 2.78 bits per heavy atom. The maximum Gasteiger partial charge on any atom is 0.268 e. The number of halogens is 1. The van der Waals surface area contributed by atoms with E-state index in [0.717, 1.165) is 12.8 Å². The van der Waals surface area contributed by atoms with Crippen LogP contribution in [0.15, 0.2) is 12.3 Å². The zero-order chi connectivity index (χ0) is 13.3. The van der Waals surface area contributed by atoms with Gasteiger partial charge in [0.1, 0.15) is 5.69 Å². The third-order valence-corrected chi connectivity index (χ3v) is 3.51. The Labute approximate surface area is 112 Å². The van der Waals surface area contributed by atoms with E-state index < -0.39 is 0 Å². The summed E-state index contributed by atoms with van der Waals surface area (Å²) in [4.78, 5) is 12.2. The molecule has 1 unspecified atom stereocenters. The van der Waals surface area contributed by atoms with Crippen molar-refractivity contribution in [3.05, 3.63) is 23.0 Å². The molecule has 100 valence electrons. The average Bonchev–Trinajstić information content (AvgIpc) is 3.08. The molecular formula is C13H19ClN2O2. The number of nitrogens with zero attached hydrogens (tertiary/aromatic N) is 1. The molecule has 1 heterocycles. The number of aliphatic hydroxyl groups excluding tert-OH is 1. The Bertz CT molecular complexity index is 438. The zero-order valence-corrected chi connectivity index (χ0v) is 11.4. The summed E-state index contributed by atoms with van der Waals surface area (Å²) in [5.74, 6) is 0.0281. The first-order valence-corrected chi connectivity index (χ1v) is 6.69. The van der Waals surface area contributed by atoms with Gasteiger partial charge in [-0.3, -0.25) is 4.79 Å². The maximum absolute atomic E-state index is 12.2. The standard InChI is InChI=1S/C13H19ClN2O2/c1-8(2)11(7-17)15-13(18)12-5-9(14)6-16(12)10-3-4-10/h5-6,8,10-11,17H,3-4,7H2,1-2H3,(H,15,18). The van der Waals surface area contributed by atoms with Crippen LogP contribution in [0.1, 0.15) is 43.2 Å². The number of hydrogen-bond donors (Lipinski definition) is 2. The van der Waals surface area contributed by atoms with E-state index in [4.69, 9.17) is 11.6 Å². The van der Waals surface area contributed by atoms with Crippen molar-refractivity contribution in [1.82, 2.24) is 9.88 Å². The van der Waals surface area contributed by atoms with Crippen LogP contribution in [0.3, 0.4) is 0 Å². The zero-order valence-electron chi connectivity index (χ0n) is 10.7. The fraction of sp³-hybridized carbons (Fsp3) is 0.615. The summed E-state index contributed by atoms with van der Waals surface area (Å²) in [5, 5.41) is 12.7. The Balaban J connectivity index is 2.13. The van der Waals surface area contributed by atoms with Gasteiger partial charge >= 0.3 is 0 Å². The highest BCUT2D eigenvalue weighted by Crippen LogP contribution is 2.37. The van der Waals surface area contributed by atoms with Crippen molar-refractivity contribution in [2.75, 3.05) is 6.61 Å². The Hall–Kier alpha value is -1.00. The maximum atomic E-state index is 12.2. The summed E-state index contributed by atoms with van der Waals surface area (Å²) in [6.45, 7) is 3.88. The second kappa shape index (κ2) is 5.33. The number of carbonyl (C=O) groups is 1. The van der Waals surface area contributed by atoms with Gasteiger partial charge in [0, 0.05) is 12.2 Å². The first-order chi connectivity index (χ1) is 8.52. The second-order valence-corrected chi connectivity index (χ2v) is 5.62. The molecule has 1 aromatic rings. The van der Waals surface area contributed by atoms with Crippen LogP contribution in [0.4, 0.5) is 0 Å². The monoisotopic (exact) mass is 270 g/mol. The summed E-state index contributed by atoms with van der Waals surface area (Å²) in [6, 6.07) is 1.87. The molecule has 5 heteroatoms. The Morgan fingerprint density at radius 1 is 1.61 bits per heavy atom. The highest BCUT2D eigenvalue weighted by atomic mass is 35.5. The van der Waals surface area contributed by atoms with Crippen molar-refractivity contribution in [1.29, 1.82) is 0 Å². The lowest BCUT2D eigenvalue weighted by Crippen LogP contribution is -2.41. The molecule has 0 aromatic carbocycles. The fourth-order valence-electron chi connectivity index (χ4n) is 1.95. The summed E-state index contributed by atoms with van der Waals surface area (Å²) in [7, 11) is 0. The summed E-state index contributed by atoms with van der Waals surface area (Å²) >= 11 is 5.96. The van der Waals surface area contributed by atoms with E-state index in [1.807, 2.05) is 18.4 Å². The Morgan fingerprint density at radius 2 is 2.28 bits per heavy atom. The van der Waals surface area contributed by atoms with E-state index in [-0.39, 0.29) is 24.5 Å². The van der Waals surface area contributed by atoms with E-state index >= 15 is 0 Å². The van der Waals surface area contributed by atoms with Crippen LogP contribution in [0.25, 0.3) is 0 Å². The smallest absolute Gasteiger partial charge is 0.268 e. The van der Waals surface area contributed by atoms with Crippen molar-refractivity contribution in [3.63, 3.8) is 0 Å². The molecule has 1 amide bonds. The van der Waals surface area contributed by atoms with Crippen LogP contribution in [-0.2, 0) is 0 Å². The topological polar surface area (TPSA) is 54.3 Å². The van der Waals surface area contributed by atoms with Crippen LogP contribution in [0.5, 0.6) is 0 Å². The minimum absolute atomic E-state index is 0.0543. The molecule has 1 aliphatic rings. The minimum atomic E-state index is -0.223. The molecule has 1 saturated carbocycles. The predicted octanol–water partition coefficient (Wildman–Crippen LogP) is 2.22. The number of aromatic nitrogens is 1. The van der Waals surface area contributed by atoms with Crippen molar-refractivity contribution < 1.29 is 9.90 Å². The van der Waals surface area contributed by atoms with Crippen LogP contribution in [0.2, 0.25) is 5.02 Å². The molecule has 4 nitrogen and oxygen atoms in total. The van der Waals surface area contributed by atoms with Gasteiger partial charge in [-0.2, -0.15) is 0 Å². The van der Waals surface area contributed by atoms with Crippen molar-refractivity contribution >= 4 is 17.5 Å². The van der Waals surface area contributed by atoms with E-state index in [9.17, 15) is 9.90 Å². The van der Waals surface area contributed by atoms with E-state index in [0.29, 0.717) is 16.8 Å². The molecule has 1 atom stereocenters. The molecule has 1 aliphatic carbocycles. The average molecular weight is 271 g/mol. The number of rotatable bonds is 5. The van der Waals surface area contributed by atoms with Crippen LogP contribution < -0.4 is 5.32 Å². The fourth-order valence-corrected chi connectivity index (χ4v) is 2.16. The predicted molar refractivity (Wildman–Crippen MR) is 70.9 cm³/mol. The lowest BCUT2D eigenvalue weighted by atomic mass is 10.1. The molecule has 0 radical (unpaired) electrons. The number of amides is 1. The Kier molecular flexibility index (Phi) is 3.97. The van der Waals surface area contributed by atoms with Gasteiger partial charge in [0.2, 0.25) is 0 Å². The summed E-state index contributed by atoms with van der Waals surface area (Å²) < 4.78 is 1.94. The lowest BCUT2D eigenvalue weighted by molar-refractivity contribution is 0.0887. The molecular weight excluding hydrogens is 252 g/mol. The quantitative estimate of drug-likeness (QED) is 0.862. The van der Waals surface area contributed by atoms with Gasteiger partial charge < -0.3 is 15.0 Å². The SMILES string of the molecule is CC(C)C(CO)NC(=O)c1cc(Cl)cn1C1CC1. The molecule has 1 aromatic heterocycles. The number of aliphatic hydroxyl groups is 1. The highest BCUT2D eigenvalue weighted by molar-refractivity contribution is 6.31. The third kappa shape index (κ3) is 2.87. The summed E-state index contributed by atoms with van der Waals surface area (Å²) in [5.41, 5.74) is 0.585. The molecule has 0 bridgehead atoms. The van der Waals surface area contributed by atoms with Crippen LogP contribution in [-0.4, -0.2) is 28.2 Å². The van der Waals surface area contributed by atoms with Gasteiger partial charge in [0.25, 0.3) is 5.91 Å². The first kappa shape index (κ1) is 13.4. The van der Waals surface area contributed by atoms with Gasteiger partial charge in [0.05, 0.1) is 17.7 Å². The molecule has 2 N–H and O–H groups in total. The van der Waals surface area contributed by atoms with E-state index in [1.54, 1.807) is 12.3 Å². The van der Waals surface area contributed by atoms with Gasteiger partial charge in [-0.1, -0.05) is 25.4 Å². The normalized spacial score (nSPS) is 16.9. The van der Waals surface area contributed by atoms with Gasteiger partial charge in [-0.15, -0.1) is 0 Å². The van der Waals surface area contributed by atoms with Gasteiger partial charge in [-0.25, -0.2) is 0 Å². The largest absolute Gasteiger partial charge is 0.394 e. The first-order valence-electron chi connectivity index (χ1n) is 6.32. The van der Waals surface area contributed by atoms with E-state index in [1.165, 1.54) is 0 Å². The summed E-state index contributed by atoms with van der Waals surface area (Å²) in [6.07, 6.45) is 4.00. The van der Waals surface area contributed by atoms with Crippen molar-refractivity contribution in [2.24, 2.45) is 5.92 Å². The molecule has 2 rings (SSSR count). The molecule has 1 fully saturated rings. The van der Waals surface area contributed by atoms with Crippen molar-refractivity contribution in [2.45, 2.75) is 38.8 Å². The molecule has 0 aliphatic heterocycles. The number of carbonyl (C=O) groups excluding carboxylic acids is 1. The third-order valence-electron chi connectivity index (χ3n) is 3.31. The number of nitrogens with one attached hydrogen (secondary N) is 1. The minimum Gasteiger partial charge on any atom is -0.394 e. The van der Waals surface area contributed by atoms with Crippen LogP contribution >= 0.6 is 11.6 Å². The second-order valence-electron chi connectivity index (χ2n) is 5.19. The number of hydrogen-bond acceptors (Lipinski definition) is 2. The molecule has 0 saturated heterocycles. The van der Waals surface area contributed by atoms with E-state index in [2.05, 4.69) is 5.32 Å². The lowest BCUT2D eigenvalue weighted by Gasteiger charge is -2.20. The van der Waals surface area contributed by atoms with Crippen LogP contribution in [0, 0.1) is 5.92 Å². The molecule has 18 heavy (non-hydrogen) atoms. The molecule has 0 spiro atoms. The van der Waals surface area contributed by atoms with Crippen molar-refractivity contribution in [3.8, 4) is 0 Å². The van der Waals surface area contributed by atoms with Gasteiger partial charge in [-0.05, 0) is 24.8 Å².